The number of likely N-dealkylation sites (tertiary alicyclic amines) is 1. The highest BCUT2D eigenvalue weighted by atomic mass is 32.1. The molecular formula is C18H24N4OS. The Hall–Kier alpha value is -1.76. The molecule has 2 heterocycles. The third kappa shape index (κ3) is 3.83. The van der Waals surface area contributed by atoms with Gasteiger partial charge in [-0.05, 0) is 18.9 Å². The van der Waals surface area contributed by atoms with Crippen LogP contribution in [0.25, 0.3) is 0 Å². The summed E-state index contributed by atoms with van der Waals surface area (Å²) in [5.74, 6) is 0.264. The van der Waals surface area contributed by atoms with Crippen LogP contribution in [0.2, 0.25) is 0 Å². The molecule has 0 saturated carbocycles. The SMILES string of the molecule is CCc1nc(NC(=O)CN2C[C@@H](N)[C@H](c3ccccc3)C2)sc1C. The molecule has 3 N–H and O–H groups in total. The van der Waals surface area contributed by atoms with Gasteiger partial charge in [-0.25, -0.2) is 4.98 Å². The number of anilines is 1. The van der Waals surface area contributed by atoms with Gasteiger partial charge in [0, 0.05) is 29.9 Å². The van der Waals surface area contributed by atoms with Gasteiger partial charge < -0.3 is 11.1 Å². The Morgan fingerprint density at radius 3 is 2.79 bits per heavy atom. The molecule has 5 nitrogen and oxygen atoms in total. The van der Waals surface area contributed by atoms with E-state index in [0.717, 1.165) is 25.2 Å². The predicted molar refractivity (Wildman–Crippen MR) is 98.5 cm³/mol. The van der Waals surface area contributed by atoms with Crippen molar-refractivity contribution in [1.82, 2.24) is 9.88 Å². The van der Waals surface area contributed by atoms with E-state index in [1.165, 1.54) is 21.8 Å². The lowest BCUT2D eigenvalue weighted by Crippen LogP contribution is -2.33. The molecule has 0 aliphatic carbocycles. The van der Waals surface area contributed by atoms with Crippen LogP contribution in [0, 0.1) is 6.92 Å². The van der Waals surface area contributed by atoms with Crippen molar-refractivity contribution in [3.63, 3.8) is 0 Å². The molecule has 1 amide bonds. The number of aromatic nitrogens is 1. The van der Waals surface area contributed by atoms with Crippen LogP contribution in [-0.2, 0) is 11.2 Å². The first-order valence-corrected chi connectivity index (χ1v) is 9.17. The minimum Gasteiger partial charge on any atom is -0.326 e. The number of rotatable bonds is 5. The van der Waals surface area contributed by atoms with Crippen molar-refractivity contribution in [3.05, 3.63) is 46.5 Å². The smallest absolute Gasteiger partial charge is 0.240 e. The molecule has 0 unspecified atom stereocenters. The molecule has 1 aromatic carbocycles. The minimum absolute atomic E-state index is 0.0210. The second-order valence-corrected chi connectivity index (χ2v) is 7.50. The predicted octanol–water partition coefficient (Wildman–Crippen LogP) is 2.38. The highest BCUT2D eigenvalue weighted by molar-refractivity contribution is 7.15. The molecule has 24 heavy (non-hydrogen) atoms. The quantitative estimate of drug-likeness (QED) is 0.874. The van der Waals surface area contributed by atoms with Crippen LogP contribution in [0.5, 0.6) is 0 Å². The molecule has 1 saturated heterocycles. The summed E-state index contributed by atoms with van der Waals surface area (Å²) in [5.41, 5.74) is 8.59. The Morgan fingerprint density at radius 1 is 1.38 bits per heavy atom. The van der Waals surface area contributed by atoms with Crippen LogP contribution in [0.4, 0.5) is 5.13 Å². The van der Waals surface area contributed by atoms with Crippen molar-refractivity contribution < 1.29 is 4.79 Å². The zero-order valence-corrected chi connectivity index (χ0v) is 15.0. The van der Waals surface area contributed by atoms with E-state index in [0.29, 0.717) is 11.7 Å². The van der Waals surface area contributed by atoms with Crippen LogP contribution < -0.4 is 11.1 Å². The molecule has 1 aliphatic rings. The number of benzene rings is 1. The zero-order chi connectivity index (χ0) is 17.1. The number of aryl methyl sites for hydroxylation is 2. The number of hydrogen-bond donors (Lipinski definition) is 2. The normalized spacial score (nSPS) is 21.1. The molecule has 0 spiro atoms. The molecule has 2 atom stereocenters. The van der Waals surface area contributed by atoms with E-state index in [1.807, 2.05) is 25.1 Å². The van der Waals surface area contributed by atoms with Crippen molar-refractivity contribution in [2.45, 2.75) is 32.2 Å². The first kappa shape index (κ1) is 17.1. The van der Waals surface area contributed by atoms with E-state index in [1.54, 1.807) is 0 Å². The lowest BCUT2D eigenvalue weighted by molar-refractivity contribution is -0.117. The fourth-order valence-electron chi connectivity index (χ4n) is 3.27. The number of nitrogens with one attached hydrogen (secondary N) is 1. The lowest BCUT2D eigenvalue weighted by Gasteiger charge is -2.15. The molecule has 6 heteroatoms. The molecule has 1 aromatic heterocycles. The van der Waals surface area contributed by atoms with Crippen LogP contribution in [-0.4, -0.2) is 41.5 Å². The monoisotopic (exact) mass is 344 g/mol. The number of hydrogen-bond acceptors (Lipinski definition) is 5. The van der Waals surface area contributed by atoms with E-state index in [4.69, 9.17) is 5.73 Å². The molecule has 3 rings (SSSR count). The Labute approximate surface area is 146 Å². The van der Waals surface area contributed by atoms with E-state index in [9.17, 15) is 4.79 Å². The summed E-state index contributed by atoms with van der Waals surface area (Å²) in [6.07, 6.45) is 0.887. The fourth-order valence-corrected chi connectivity index (χ4v) is 4.19. The van der Waals surface area contributed by atoms with Gasteiger partial charge in [0.1, 0.15) is 0 Å². The lowest BCUT2D eigenvalue weighted by atomic mass is 9.95. The average molecular weight is 344 g/mol. The third-order valence-corrected chi connectivity index (χ3v) is 5.44. The second-order valence-electron chi connectivity index (χ2n) is 6.30. The molecule has 0 bridgehead atoms. The van der Waals surface area contributed by atoms with Crippen LogP contribution >= 0.6 is 11.3 Å². The van der Waals surface area contributed by atoms with Gasteiger partial charge in [-0.1, -0.05) is 37.3 Å². The largest absolute Gasteiger partial charge is 0.326 e. The van der Waals surface area contributed by atoms with Gasteiger partial charge in [0.15, 0.2) is 5.13 Å². The Kier molecular flexibility index (Phi) is 5.28. The van der Waals surface area contributed by atoms with Crippen molar-refractivity contribution in [2.75, 3.05) is 25.0 Å². The summed E-state index contributed by atoms with van der Waals surface area (Å²) in [6, 6.07) is 10.4. The van der Waals surface area contributed by atoms with Gasteiger partial charge in [0.05, 0.1) is 12.2 Å². The Morgan fingerprint density at radius 2 is 2.12 bits per heavy atom. The number of amides is 1. The molecule has 0 radical (unpaired) electrons. The minimum atomic E-state index is -0.0210. The summed E-state index contributed by atoms with van der Waals surface area (Å²) in [5, 5.41) is 3.61. The van der Waals surface area contributed by atoms with Crippen molar-refractivity contribution in [1.29, 1.82) is 0 Å². The number of nitrogens with two attached hydrogens (primary N) is 1. The molecule has 1 fully saturated rings. The number of carbonyl (C=O) groups excluding carboxylic acids is 1. The van der Waals surface area contributed by atoms with E-state index in [2.05, 4.69) is 34.3 Å². The van der Waals surface area contributed by atoms with Gasteiger partial charge in [0.2, 0.25) is 5.91 Å². The topological polar surface area (TPSA) is 71.2 Å². The first-order valence-electron chi connectivity index (χ1n) is 8.36. The summed E-state index contributed by atoms with van der Waals surface area (Å²) in [7, 11) is 0. The van der Waals surface area contributed by atoms with Crippen LogP contribution in [0.15, 0.2) is 30.3 Å². The maximum atomic E-state index is 12.3. The van der Waals surface area contributed by atoms with Crippen molar-refractivity contribution in [2.24, 2.45) is 5.73 Å². The summed E-state index contributed by atoms with van der Waals surface area (Å²) in [6.45, 7) is 6.02. The Balaban J connectivity index is 1.57. The third-order valence-electron chi connectivity index (χ3n) is 4.51. The van der Waals surface area contributed by atoms with Crippen LogP contribution in [0.3, 0.4) is 0 Å². The van der Waals surface area contributed by atoms with E-state index in [-0.39, 0.29) is 17.9 Å². The van der Waals surface area contributed by atoms with Gasteiger partial charge >= 0.3 is 0 Å². The van der Waals surface area contributed by atoms with Crippen molar-refractivity contribution in [3.8, 4) is 0 Å². The van der Waals surface area contributed by atoms with Crippen LogP contribution in [0.1, 0.15) is 29.0 Å². The standard InChI is InChI=1S/C18H24N4OS/c1-3-16-12(2)24-18(20-16)21-17(23)11-22-9-14(15(19)10-22)13-7-5-4-6-8-13/h4-8,14-15H,3,9-11,19H2,1-2H3,(H,20,21,23)/t14-,15+/m0/s1. The van der Waals surface area contributed by atoms with Gasteiger partial charge in [0.25, 0.3) is 0 Å². The molecular weight excluding hydrogens is 320 g/mol. The number of nitrogens with zero attached hydrogens (tertiary/aromatic N) is 2. The summed E-state index contributed by atoms with van der Waals surface area (Å²) in [4.78, 5) is 20.1. The van der Waals surface area contributed by atoms with Gasteiger partial charge in [-0.3, -0.25) is 9.69 Å². The molecule has 2 aromatic rings. The first-order chi connectivity index (χ1) is 11.6. The van der Waals surface area contributed by atoms with Gasteiger partial charge in [-0.2, -0.15) is 0 Å². The average Bonchev–Trinajstić information content (AvgIpc) is 3.10. The highest BCUT2D eigenvalue weighted by Gasteiger charge is 2.32. The maximum Gasteiger partial charge on any atom is 0.240 e. The second kappa shape index (κ2) is 7.42. The van der Waals surface area contributed by atoms with Gasteiger partial charge in [-0.15, -0.1) is 11.3 Å². The highest BCUT2D eigenvalue weighted by Crippen LogP contribution is 2.26. The molecule has 128 valence electrons. The Bertz CT molecular complexity index is 700. The maximum absolute atomic E-state index is 12.3. The summed E-state index contributed by atoms with van der Waals surface area (Å²) < 4.78 is 0. The van der Waals surface area contributed by atoms with E-state index >= 15 is 0 Å². The number of carbonyl (C=O) groups is 1. The number of thiazole rings is 1. The van der Waals surface area contributed by atoms with E-state index < -0.39 is 0 Å². The fraction of sp³-hybridized carbons (Fsp3) is 0.444. The molecule has 1 aliphatic heterocycles. The zero-order valence-electron chi connectivity index (χ0n) is 14.2. The van der Waals surface area contributed by atoms with Crippen molar-refractivity contribution >= 4 is 22.4 Å². The summed E-state index contributed by atoms with van der Waals surface area (Å²) >= 11 is 1.54.